The normalized spacial score (nSPS) is 24.1. The summed E-state index contributed by atoms with van der Waals surface area (Å²) in [4.78, 5) is 0. The zero-order valence-corrected chi connectivity index (χ0v) is 10.3. The van der Waals surface area contributed by atoms with Crippen LogP contribution in [0.5, 0.6) is 5.75 Å². The second-order valence-corrected chi connectivity index (χ2v) is 5.61. The van der Waals surface area contributed by atoms with E-state index in [1.54, 1.807) is 6.07 Å². The van der Waals surface area contributed by atoms with E-state index in [1.807, 2.05) is 12.1 Å². The molecule has 1 saturated carbocycles. The summed E-state index contributed by atoms with van der Waals surface area (Å²) in [6, 6.07) is 7.79. The summed E-state index contributed by atoms with van der Waals surface area (Å²) in [7, 11) is 0. The van der Waals surface area contributed by atoms with Crippen LogP contribution in [0.3, 0.4) is 0 Å². The lowest BCUT2D eigenvalue weighted by molar-refractivity contribution is 0.466. The van der Waals surface area contributed by atoms with Gasteiger partial charge in [-0.2, -0.15) is 0 Å². The van der Waals surface area contributed by atoms with Gasteiger partial charge in [0.25, 0.3) is 0 Å². The molecule has 1 aliphatic carbocycles. The van der Waals surface area contributed by atoms with Crippen molar-refractivity contribution >= 4 is 0 Å². The zero-order chi connectivity index (χ0) is 11.8. The predicted molar refractivity (Wildman–Crippen MR) is 66.4 cm³/mol. The molecule has 2 nitrogen and oxygen atoms in total. The van der Waals surface area contributed by atoms with Gasteiger partial charge in [0.1, 0.15) is 5.75 Å². The monoisotopic (exact) mass is 219 g/mol. The number of hydrogen-bond acceptors (Lipinski definition) is 2. The highest BCUT2D eigenvalue weighted by molar-refractivity contribution is 5.29. The van der Waals surface area contributed by atoms with E-state index in [4.69, 9.17) is 0 Å². The molecule has 2 rings (SSSR count). The second kappa shape index (κ2) is 4.10. The molecule has 0 radical (unpaired) electrons. The maximum Gasteiger partial charge on any atom is 0.115 e. The van der Waals surface area contributed by atoms with Crippen molar-refractivity contribution < 1.29 is 5.11 Å². The Morgan fingerprint density at radius 2 is 2.19 bits per heavy atom. The van der Waals surface area contributed by atoms with Crippen LogP contribution in [0.15, 0.2) is 24.3 Å². The number of phenolic OH excluding ortho intramolecular Hbond substituents is 1. The van der Waals surface area contributed by atoms with Crippen LogP contribution in [-0.2, 0) is 0 Å². The minimum absolute atomic E-state index is 0.309. The molecule has 0 bridgehead atoms. The Hall–Kier alpha value is -1.02. The summed E-state index contributed by atoms with van der Waals surface area (Å²) in [6.45, 7) is 7.85. The molecule has 0 saturated heterocycles. The van der Waals surface area contributed by atoms with Crippen LogP contribution < -0.4 is 5.32 Å². The summed E-state index contributed by atoms with van der Waals surface area (Å²) in [5.74, 6) is 1.16. The number of rotatable bonds is 4. The number of phenols is 1. The third-order valence-corrected chi connectivity index (χ3v) is 3.76. The van der Waals surface area contributed by atoms with Gasteiger partial charge in [-0.1, -0.05) is 26.0 Å². The Balaban J connectivity index is 1.86. The van der Waals surface area contributed by atoms with Gasteiger partial charge < -0.3 is 10.4 Å². The summed E-state index contributed by atoms with van der Waals surface area (Å²) in [5.41, 5.74) is 1.68. The predicted octanol–water partition coefficient (Wildman–Crippen LogP) is 3.09. The number of hydrogen-bond donors (Lipinski definition) is 2. The Morgan fingerprint density at radius 3 is 2.75 bits per heavy atom. The fourth-order valence-electron chi connectivity index (χ4n) is 2.16. The van der Waals surface area contributed by atoms with Crippen LogP contribution in [0.2, 0.25) is 0 Å². The lowest BCUT2D eigenvalue weighted by Gasteiger charge is -2.15. The van der Waals surface area contributed by atoms with E-state index in [-0.39, 0.29) is 0 Å². The smallest absolute Gasteiger partial charge is 0.115 e. The number of nitrogens with one attached hydrogen (secondary N) is 1. The third-order valence-electron chi connectivity index (χ3n) is 3.76. The van der Waals surface area contributed by atoms with Crippen molar-refractivity contribution in [1.29, 1.82) is 0 Å². The number of aromatic hydroxyl groups is 1. The van der Waals surface area contributed by atoms with Gasteiger partial charge in [0.2, 0.25) is 0 Å². The first-order valence-electron chi connectivity index (χ1n) is 6.01. The molecule has 0 heterocycles. The van der Waals surface area contributed by atoms with Crippen LogP contribution in [0.4, 0.5) is 0 Å². The van der Waals surface area contributed by atoms with Crippen molar-refractivity contribution in [3.05, 3.63) is 29.8 Å². The molecule has 1 aromatic rings. The van der Waals surface area contributed by atoms with Crippen LogP contribution in [0, 0.1) is 11.3 Å². The Morgan fingerprint density at radius 1 is 1.50 bits per heavy atom. The van der Waals surface area contributed by atoms with Gasteiger partial charge in [-0.3, -0.25) is 0 Å². The highest BCUT2D eigenvalue weighted by Gasteiger charge is 2.44. The van der Waals surface area contributed by atoms with Crippen molar-refractivity contribution in [1.82, 2.24) is 5.32 Å². The first kappa shape index (κ1) is 11.5. The molecule has 0 aromatic heterocycles. The molecule has 0 aliphatic heterocycles. The molecule has 2 atom stereocenters. The third kappa shape index (κ3) is 2.56. The molecule has 2 N–H and O–H groups in total. The molecule has 1 aromatic carbocycles. The molecule has 0 spiro atoms. The van der Waals surface area contributed by atoms with Crippen molar-refractivity contribution in [2.75, 3.05) is 6.54 Å². The van der Waals surface area contributed by atoms with Crippen LogP contribution in [0.25, 0.3) is 0 Å². The average molecular weight is 219 g/mol. The molecule has 2 unspecified atom stereocenters. The summed E-state index contributed by atoms with van der Waals surface area (Å²) in [5, 5.41) is 12.9. The first-order valence-corrected chi connectivity index (χ1v) is 6.01. The van der Waals surface area contributed by atoms with Gasteiger partial charge in [0, 0.05) is 6.04 Å². The van der Waals surface area contributed by atoms with Gasteiger partial charge in [0.15, 0.2) is 0 Å². The number of benzene rings is 1. The Bertz CT molecular complexity index is 373. The molecular weight excluding hydrogens is 198 g/mol. The van der Waals surface area contributed by atoms with E-state index in [2.05, 4.69) is 32.2 Å². The molecule has 1 aliphatic rings. The van der Waals surface area contributed by atoms with E-state index in [0.29, 0.717) is 17.2 Å². The standard InChI is InChI=1S/C14H21NO/c1-10(11-5-4-6-13(16)7-11)15-9-12-8-14(12,2)3/h4-7,10,12,15-16H,8-9H2,1-3H3. The molecule has 16 heavy (non-hydrogen) atoms. The molecule has 0 amide bonds. The van der Waals surface area contributed by atoms with Crippen LogP contribution in [-0.4, -0.2) is 11.7 Å². The van der Waals surface area contributed by atoms with Gasteiger partial charge in [-0.25, -0.2) is 0 Å². The maximum atomic E-state index is 9.41. The van der Waals surface area contributed by atoms with Gasteiger partial charge in [-0.15, -0.1) is 0 Å². The zero-order valence-electron chi connectivity index (χ0n) is 10.3. The van der Waals surface area contributed by atoms with E-state index >= 15 is 0 Å². The average Bonchev–Trinajstić information content (AvgIpc) is 2.83. The van der Waals surface area contributed by atoms with Crippen LogP contribution in [0.1, 0.15) is 38.8 Å². The van der Waals surface area contributed by atoms with E-state index in [1.165, 1.54) is 6.42 Å². The molecule has 88 valence electrons. The molecular formula is C14H21NO. The molecule has 2 heteroatoms. The Labute approximate surface area is 97.7 Å². The van der Waals surface area contributed by atoms with Gasteiger partial charge in [-0.05, 0) is 48.9 Å². The van der Waals surface area contributed by atoms with Crippen LogP contribution >= 0.6 is 0 Å². The highest BCUT2D eigenvalue weighted by atomic mass is 16.3. The SMILES string of the molecule is CC(NCC1CC1(C)C)c1cccc(O)c1. The maximum absolute atomic E-state index is 9.41. The fourth-order valence-corrected chi connectivity index (χ4v) is 2.16. The topological polar surface area (TPSA) is 32.3 Å². The lowest BCUT2D eigenvalue weighted by Crippen LogP contribution is -2.22. The van der Waals surface area contributed by atoms with Crippen molar-refractivity contribution in [2.24, 2.45) is 11.3 Å². The second-order valence-electron chi connectivity index (χ2n) is 5.61. The van der Waals surface area contributed by atoms with Crippen molar-refractivity contribution in [3.8, 4) is 5.75 Å². The van der Waals surface area contributed by atoms with E-state index < -0.39 is 0 Å². The fraction of sp³-hybridized carbons (Fsp3) is 0.571. The first-order chi connectivity index (χ1) is 7.49. The van der Waals surface area contributed by atoms with Crippen molar-refractivity contribution in [3.63, 3.8) is 0 Å². The lowest BCUT2D eigenvalue weighted by atomic mass is 10.1. The van der Waals surface area contributed by atoms with E-state index in [0.717, 1.165) is 18.0 Å². The van der Waals surface area contributed by atoms with Crippen molar-refractivity contribution in [2.45, 2.75) is 33.2 Å². The minimum atomic E-state index is 0.309. The Kier molecular flexibility index (Phi) is 2.94. The summed E-state index contributed by atoms with van der Waals surface area (Å²) < 4.78 is 0. The minimum Gasteiger partial charge on any atom is -0.508 e. The quantitative estimate of drug-likeness (QED) is 0.815. The summed E-state index contributed by atoms with van der Waals surface area (Å²) in [6.07, 6.45) is 1.33. The summed E-state index contributed by atoms with van der Waals surface area (Å²) >= 11 is 0. The van der Waals surface area contributed by atoms with E-state index in [9.17, 15) is 5.11 Å². The van der Waals surface area contributed by atoms with Gasteiger partial charge >= 0.3 is 0 Å². The van der Waals surface area contributed by atoms with Gasteiger partial charge in [0.05, 0.1) is 0 Å². The highest BCUT2D eigenvalue weighted by Crippen LogP contribution is 2.51. The molecule has 1 fully saturated rings. The largest absolute Gasteiger partial charge is 0.508 e.